The van der Waals surface area contributed by atoms with Gasteiger partial charge in [-0.2, -0.15) is 0 Å². The number of hydrogen-bond donors (Lipinski definition) is 2. The predicted molar refractivity (Wildman–Crippen MR) is 83.3 cm³/mol. The Labute approximate surface area is 134 Å². The molecule has 1 aliphatic carbocycles. The van der Waals surface area contributed by atoms with Crippen LogP contribution in [0.2, 0.25) is 0 Å². The standard InChI is InChI=1S/C17H18N2O4/c1-2-22-17(21)15-13(10-6-3-4-9-19-10)14-11(20)7-5-8-12(14)23-16(15)18/h3-4,6,9,19H,2,5,7-8,18H2,1H3. The second-order valence-electron chi connectivity index (χ2n) is 5.29. The molecule has 0 bridgehead atoms. The highest BCUT2D eigenvalue weighted by Gasteiger charge is 2.37. The van der Waals surface area contributed by atoms with Gasteiger partial charge in [0.05, 0.1) is 12.2 Å². The van der Waals surface area contributed by atoms with Gasteiger partial charge in [-0.15, -0.1) is 0 Å². The molecule has 2 aliphatic heterocycles. The molecule has 0 spiro atoms. The summed E-state index contributed by atoms with van der Waals surface area (Å²) in [6.45, 7) is 1.92. The van der Waals surface area contributed by atoms with Crippen LogP contribution in [0.25, 0.3) is 0 Å². The van der Waals surface area contributed by atoms with E-state index in [0.29, 0.717) is 41.9 Å². The molecule has 2 heterocycles. The smallest absolute Gasteiger partial charge is 0.344 e. The maximum atomic E-state index is 12.5. The summed E-state index contributed by atoms with van der Waals surface area (Å²) in [5.41, 5.74) is 7.59. The van der Waals surface area contributed by atoms with Crippen LogP contribution in [0.1, 0.15) is 26.2 Å². The average molecular weight is 314 g/mol. The summed E-state index contributed by atoms with van der Waals surface area (Å²) in [6.07, 6.45) is 8.91. The number of allylic oxidation sites excluding steroid dienone is 5. The molecule has 0 aromatic heterocycles. The lowest BCUT2D eigenvalue weighted by Gasteiger charge is -2.29. The average Bonchev–Trinajstić information content (AvgIpc) is 2.54. The molecule has 0 saturated carbocycles. The van der Waals surface area contributed by atoms with E-state index in [1.54, 1.807) is 19.2 Å². The van der Waals surface area contributed by atoms with Crippen LogP contribution in [0.3, 0.4) is 0 Å². The van der Waals surface area contributed by atoms with Crippen molar-refractivity contribution in [1.29, 1.82) is 0 Å². The van der Waals surface area contributed by atoms with Crippen molar-refractivity contribution in [3.63, 3.8) is 0 Å². The summed E-state index contributed by atoms with van der Waals surface area (Å²) in [4.78, 5) is 24.8. The topological polar surface area (TPSA) is 90.7 Å². The molecule has 6 heteroatoms. The van der Waals surface area contributed by atoms with Gasteiger partial charge in [0.1, 0.15) is 11.3 Å². The molecule has 3 rings (SSSR count). The first-order valence-electron chi connectivity index (χ1n) is 7.59. The largest absolute Gasteiger partial charge is 0.462 e. The fourth-order valence-electron chi connectivity index (χ4n) is 2.85. The number of nitrogens with one attached hydrogen (secondary N) is 1. The molecule has 0 fully saturated rings. The number of nitrogens with two attached hydrogens (primary N) is 1. The lowest BCUT2D eigenvalue weighted by Crippen LogP contribution is -2.29. The van der Waals surface area contributed by atoms with Gasteiger partial charge in [0, 0.05) is 30.3 Å². The van der Waals surface area contributed by atoms with Gasteiger partial charge in [-0.3, -0.25) is 4.79 Å². The highest BCUT2D eigenvalue weighted by Crippen LogP contribution is 2.39. The van der Waals surface area contributed by atoms with E-state index in [-0.39, 0.29) is 23.8 Å². The number of carbonyl (C=O) groups is 2. The van der Waals surface area contributed by atoms with E-state index >= 15 is 0 Å². The van der Waals surface area contributed by atoms with Gasteiger partial charge in [-0.25, -0.2) is 4.79 Å². The van der Waals surface area contributed by atoms with E-state index in [0.717, 1.165) is 0 Å². The number of rotatable bonds is 2. The molecular weight excluding hydrogens is 296 g/mol. The van der Waals surface area contributed by atoms with Crippen LogP contribution in [-0.2, 0) is 19.1 Å². The number of ketones is 1. The van der Waals surface area contributed by atoms with E-state index in [1.165, 1.54) is 0 Å². The number of dihydropyridines is 1. The number of hydrogen-bond acceptors (Lipinski definition) is 6. The van der Waals surface area contributed by atoms with Crippen molar-refractivity contribution in [1.82, 2.24) is 5.32 Å². The fourth-order valence-corrected chi connectivity index (χ4v) is 2.85. The van der Waals surface area contributed by atoms with Crippen LogP contribution >= 0.6 is 0 Å². The minimum Gasteiger partial charge on any atom is -0.462 e. The van der Waals surface area contributed by atoms with Crippen molar-refractivity contribution in [2.45, 2.75) is 26.2 Å². The monoisotopic (exact) mass is 314 g/mol. The summed E-state index contributed by atoms with van der Waals surface area (Å²) in [5, 5.41) is 3.06. The summed E-state index contributed by atoms with van der Waals surface area (Å²) >= 11 is 0. The van der Waals surface area contributed by atoms with E-state index in [4.69, 9.17) is 15.2 Å². The van der Waals surface area contributed by atoms with E-state index in [1.807, 2.05) is 12.2 Å². The molecule has 0 amide bonds. The lowest BCUT2D eigenvalue weighted by atomic mass is 9.84. The molecule has 0 aromatic carbocycles. The summed E-state index contributed by atoms with van der Waals surface area (Å²) in [5.74, 6) is -0.141. The predicted octanol–water partition coefficient (Wildman–Crippen LogP) is 1.68. The maximum absolute atomic E-state index is 12.5. The van der Waals surface area contributed by atoms with Crippen molar-refractivity contribution in [3.8, 4) is 0 Å². The van der Waals surface area contributed by atoms with Crippen molar-refractivity contribution in [2.75, 3.05) is 6.61 Å². The lowest BCUT2D eigenvalue weighted by molar-refractivity contribution is -0.138. The third-order valence-electron chi connectivity index (χ3n) is 3.80. The zero-order chi connectivity index (χ0) is 16.4. The summed E-state index contributed by atoms with van der Waals surface area (Å²) < 4.78 is 10.7. The van der Waals surface area contributed by atoms with Gasteiger partial charge in [0.25, 0.3) is 0 Å². The molecular formula is C17H18N2O4. The molecule has 120 valence electrons. The maximum Gasteiger partial charge on any atom is 0.344 e. The normalized spacial score (nSPS) is 23.4. The van der Waals surface area contributed by atoms with Crippen LogP contribution in [0.5, 0.6) is 0 Å². The Morgan fingerprint density at radius 2 is 2.17 bits per heavy atom. The molecule has 6 nitrogen and oxygen atoms in total. The SMILES string of the molecule is CCOC(=O)C1=C(N)OC2=C(C(=O)CCC2)C1=C1C=CC=CN1. The highest BCUT2D eigenvalue weighted by molar-refractivity contribution is 6.08. The Bertz CT molecular complexity index is 723. The highest BCUT2D eigenvalue weighted by atomic mass is 16.5. The van der Waals surface area contributed by atoms with Gasteiger partial charge in [0.2, 0.25) is 5.88 Å². The van der Waals surface area contributed by atoms with Crippen LogP contribution in [-0.4, -0.2) is 18.4 Å². The molecule has 0 saturated heterocycles. The second kappa shape index (κ2) is 6.16. The van der Waals surface area contributed by atoms with Crippen LogP contribution in [0.15, 0.2) is 58.5 Å². The van der Waals surface area contributed by atoms with Crippen LogP contribution in [0.4, 0.5) is 0 Å². The quantitative estimate of drug-likeness (QED) is 0.754. The number of ether oxygens (including phenoxy) is 2. The first-order chi connectivity index (χ1) is 11.1. The van der Waals surface area contributed by atoms with Gasteiger partial charge < -0.3 is 20.5 Å². The van der Waals surface area contributed by atoms with Crippen molar-refractivity contribution < 1.29 is 19.1 Å². The third-order valence-corrected chi connectivity index (χ3v) is 3.80. The molecule has 0 radical (unpaired) electrons. The molecule has 0 atom stereocenters. The fraction of sp³-hybridized carbons (Fsp3) is 0.294. The second-order valence-corrected chi connectivity index (χ2v) is 5.29. The van der Waals surface area contributed by atoms with E-state index in [9.17, 15) is 9.59 Å². The van der Waals surface area contributed by atoms with Crippen molar-refractivity contribution >= 4 is 11.8 Å². The zero-order valence-corrected chi connectivity index (χ0v) is 12.8. The van der Waals surface area contributed by atoms with Crippen molar-refractivity contribution in [3.05, 3.63) is 58.5 Å². The van der Waals surface area contributed by atoms with E-state index < -0.39 is 5.97 Å². The van der Waals surface area contributed by atoms with E-state index in [2.05, 4.69) is 5.32 Å². The van der Waals surface area contributed by atoms with Gasteiger partial charge in [-0.05, 0) is 25.5 Å². The first kappa shape index (κ1) is 15.1. The number of esters is 1. The first-order valence-corrected chi connectivity index (χ1v) is 7.59. The molecule has 0 aromatic rings. The Morgan fingerprint density at radius 1 is 1.35 bits per heavy atom. The van der Waals surface area contributed by atoms with Crippen LogP contribution in [0, 0.1) is 0 Å². The molecule has 23 heavy (non-hydrogen) atoms. The third kappa shape index (κ3) is 2.67. The minimum atomic E-state index is -0.595. The zero-order valence-electron chi connectivity index (χ0n) is 12.8. The molecule has 0 unspecified atom stereocenters. The van der Waals surface area contributed by atoms with Gasteiger partial charge >= 0.3 is 5.97 Å². The number of Topliss-reactive ketones (excluding diaryl/α,β-unsaturated/α-hetero) is 1. The molecule has 3 N–H and O–H groups in total. The van der Waals surface area contributed by atoms with Gasteiger partial charge in [-0.1, -0.05) is 6.08 Å². The van der Waals surface area contributed by atoms with Crippen LogP contribution < -0.4 is 11.1 Å². The summed E-state index contributed by atoms with van der Waals surface area (Å²) in [6, 6.07) is 0. The minimum absolute atomic E-state index is 0.0239. The summed E-state index contributed by atoms with van der Waals surface area (Å²) in [7, 11) is 0. The Balaban J connectivity index is 2.19. The Morgan fingerprint density at radius 3 is 2.87 bits per heavy atom. The molecule has 3 aliphatic rings. The number of carbonyl (C=O) groups excluding carboxylic acids is 2. The Kier molecular flexibility index (Phi) is 4.06. The van der Waals surface area contributed by atoms with Crippen molar-refractivity contribution in [2.24, 2.45) is 5.73 Å². The Hall–Kier alpha value is -2.76. The van der Waals surface area contributed by atoms with Gasteiger partial charge in [0.15, 0.2) is 5.78 Å².